The minimum atomic E-state index is 0.0907. The number of phenols is 1. The molecule has 0 radical (unpaired) electrons. The Kier molecular flexibility index (Phi) is 6.58. The Morgan fingerprint density at radius 3 is 2.70 bits per heavy atom. The zero-order valence-electron chi connectivity index (χ0n) is 16.5. The summed E-state index contributed by atoms with van der Waals surface area (Å²) in [5.74, 6) is 1.59. The van der Waals surface area contributed by atoms with Gasteiger partial charge in [0, 0.05) is 13.1 Å². The Bertz CT molecular complexity index is 759. The molecule has 27 heavy (non-hydrogen) atoms. The van der Waals surface area contributed by atoms with E-state index in [9.17, 15) is 5.11 Å². The van der Waals surface area contributed by atoms with Crippen LogP contribution in [-0.4, -0.2) is 49.9 Å². The Morgan fingerprint density at radius 2 is 1.96 bits per heavy atom. The first-order chi connectivity index (χ1) is 13.2. The molecule has 0 amide bonds. The highest BCUT2D eigenvalue weighted by Crippen LogP contribution is 2.35. The summed E-state index contributed by atoms with van der Waals surface area (Å²) in [6.07, 6.45) is 0.980. The Hall–Kier alpha value is -2.24. The third kappa shape index (κ3) is 4.54. The minimum absolute atomic E-state index is 0.0907. The molecule has 3 rings (SSSR count). The van der Waals surface area contributed by atoms with Crippen LogP contribution in [0.3, 0.4) is 0 Å². The van der Waals surface area contributed by atoms with E-state index in [4.69, 9.17) is 9.47 Å². The molecule has 5 heteroatoms. The smallest absolute Gasteiger partial charge is 0.160 e. The number of rotatable bonds is 8. The van der Waals surface area contributed by atoms with Crippen molar-refractivity contribution in [3.63, 3.8) is 0 Å². The molecule has 1 aliphatic rings. The Labute approximate surface area is 161 Å². The van der Waals surface area contributed by atoms with E-state index in [1.807, 2.05) is 12.1 Å². The van der Waals surface area contributed by atoms with Gasteiger partial charge in [-0.05, 0) is 60.5 Å². The molecular weight excluding hydrogens is 340 g/mol. The average molecular weight is 370 g/mol. The molecule has 146 valence electrons. The molecule has 0 bridgehead atoms. The predicted molar refractivity (Wildman–Crippen MR) is 108 cm³/mol. The van der Waals surface area contributed by atoms with Crippen LogP contribution in [0.2, 0.25) is 0 Å². The molecule has 0 saturated heterocycles. The van der Waals surface area contributed by atoms with Gasteiger partial charge in [0.1, 0.15) is 12.4 Å². The van der Waals surface area contributed by atoms with E-state index in [2.05, 4.69) is 42.3 Å². The number of hydrogen-bond acceptors (Lipinski definition) is 5. The molecule has 1 atom stereocenters. The fourth-order valence-electron chi connectivity index (χ4n) is 3.63. The number of ether oxygens (including phenoxy) is 2. The lowest BCUT2D eigenvalue weighted by atomic mass is 9.89. The van der Waals surface area contributed by atoms with Crippen molar-refractivity contribution in [2.24, 2.45) is 0 Å². The van der Waals surface area contributed by atoms with Gasteiger partial charge in [0.05, 0.1) is 13.2 Å². The van der Waals surface area contributed by atoms with Gasteiger partial charge < -0.3 is 24.8 Å². The van der Waals surface area contributed by atoms with Crippen LogP contribution in [0.25, 0.3) is 0 Å². The van der Waals surface area contributed by atoms with Gasteiger partial charge in [-0.3, -0.25) is 0 Å². The molecule has 0 fully saturated rings. The number of hydrogen-bond donors (Lipinski definition) is 2. The number of nitrogens with zero attached hydrogens (tertiary/aromatic N) is 1. The molecular formula is C22H30N2O3. The van der Waals surface area contributed by atoms with Gasteiger partial charge in [0.2, 0.25) is 0 Å². The van der Waals surface area contributed by atoms with E-state index >= 15 is 0 Å². The highest BCUT2D eigenvalue weighted by atomic mass is 16.5. The third-order valence-corrected chi connectivity index (χ3v) is 5.28. The summed E-state index contributed by atoms with van der Waals surface area (Å²) in [7, 11) is 1.57. The minimum Gasteiger partial charge on any atom is -0.504 e. The second-order valence-corrected chi connectivity index (χ2v) is 6.80. The molecule has 1 aliphatic heterocycles. The molecule has 2 N–H and O–H groups in total. The molecule has 0 spiro atoms. The van der Waals surface area contributed by atoms with E-state index in [0.717, 1.165) is 43.9 Å². The lowest BCUT2D eigenvalue weighted by Crippen LogP contribution is -2.30. The average Bonchev–Trinajstić information content (AvgIpc) is 2.71. The first kappa shape index (κ1) is 19.5. The maximum atomic E-state index is 9.86. The van der Waals surface area contributed by atoms with E-state index in [-0.39, 0.29) is 11.8 Å². The van der Waals surface area contributed by atoms with Crippen molar-refractivity contribution in [3.05, 3.63) is 53.1 Å². The highest BCUT2D eigenvalue weighted by molar-refractivity contribution is 5.48. The summed E-state index contributed by atoms with van der Waals surface area (Å²) in [6.45, 7) is 9.01. The normalized spacial score (nSPS) is 16.2. The molecule has 0 aromatic heterocycles. The quantitative estimate of drug-likeness (QED) is 0.746. The second-order valence-electron chi connectivity index (χ2n) is 6.80. The largest absolute Gasteiger partial charge is 0.504 e. The summed E-state index contributed by atoms with van der Waals surface area (Å²) < 4.78 is 11.2. The standard InChI is InChI=1S/C22H30N2O3/c1-4-24(5-2)12-13-27-18-7-8-19-16(14-18)10-11-23-22(19)17-6-9-20(25)21(15-17)26-3/h6-9,14-15,22-23,25H,4-5,10-13H2,1-3H3. The summed E-state index contributed by atoms with van der Waals surface area (Å²) in [6, 6.07) is 12.0. The summed E-state index contributed by atoms with van der Waals surface area (Å²) in [5.41, 5.74) is 3.65. The van der Waals surface area contributed by atoms with Gasteiger partial charge in [0.25, 0.3) is 0 Å². The van der Waals surface area contributed by atoms with Gasteiger partial charge in [-0.2, -0.15) is 0 Å². The third-order valence-electron chi connectivity index (χ3n) is 5.28. The Balaban J connectivity index is 1.75. The van der Waals surface area contributed by atoms with E-state index in [1.54, 1.807) is 13.2 Å². The molecule has 0 saturated carbocycles. The summed E-state index contributed by atoms with van der Waals surface area (Å²) in [4.78, 5) is 2.36. The van der Waals surface area contributed by atoms with Gasteiger partial charge in [-0.25, -0.2) is 0 Å². The maximum absolute atomic E-state index is 9.86. The van der Waals surface area contributed by atoms with Crippen LogP contribution in [0.1, 0.15) is 36.6 Å². The number of likely N-dealkylation sites (N-methyl/N-ethyl adjacent to an activating group) is 1. The first-order valence-electron chi connectivity index (χ1n) is 9.74. The zero-order valence-corrected chi connectivity index (χ0v) is 16.5. The van der Waals surface area contributed by atoms with Crippen molar-refractivity contribution >= 4 is 0 Å². The number of benzene rings is 2. The lowest BCUT2D eigenvalue weighted by molar-refractivity contribution is 0.222. The van der Waals surface area contributed by atoms with Crippen LogP contribution < -0.4 is 14.8 Å². The van der Waals surface area contributed by atoms with Gasteiger partial charge in [0.15, 0.2) is 11.5 Å². The zero-order chi connectivity index (χ0) is 19.2. The first-order valence-corrected chi connectivity index (χ1v) is 9.74. The van der Waals surface area contributed by atoms with Crippen molar-refractivity contribution in [1.82, 2.24) is 10.2 Å². The van der Waals surface area contributed by atoms with Crippen molar-refractivity contribution in [1.29, 1.82) is 0 Å². The number of aromatic hydroxyl groups is 1. The molecule has 1 heterocycles. The summed E-state index contributed by atoms with van der Waals surface area (Å²) >= 11 is 0. The monoisotopic (exact) mass is 370 g/mol. The number of phenolic OH excluding ortho intramolecular Hbond substituents is 1. The van der Waals surface area contributed by atoms with E-state index in [1.165, 1.54) is 11.1 Å². The fraction of sp³-hybridized carbons (Fsp3) is 0.455. The lowest BCUT2D eigenvalue weighted by Gasteiger charge is -2.28. The van der Waals surface area contributed by atoms with Crippen molar-refractivity contribution in [3.8, 4) is 17.2 Å². The van der Waals surface area contributed by atoms with Crippen molar-refractivity contribution in [2.45, 2.75) is 26.3 Å². The van der Waals surface area contributed by atoms with Crippen molar-refractivity contribution in [2.75, 3.05) is 39.9 Å². The summed E-state index contributed by atoms with van der Waals surface area (Å²) in [5, 5.41) is 13.4. The van der Waals surface area contributed by atoms with Gasteiger partial charge >= 0.3 is 0 Å². The van der Waals surface area contributed by atoms with Crippen LogP contribution in [0.15, 0.2) is 36.4 Å². The SMILES string of the molecule is CCN(CC)CCOc1ccc2c(c1)CCNC2c1ccc(O)c(OC)c1. The van der Waals surface area contributed by atoms with Gasteiger partial charge in [-0.15, -0.1) is 0 Å². The van der Waals surface area contributed by atoms with Crippen LogP contribution in [0.4, 0.5) is 0 Å². The highest BCUT2D eigenvalue weighted by Gasteiger charge is 2.22. The maximum Gasteiger partial charge on any atom is 0.160 e. The van der Waals surface area contributed by atoms with Crippen LogP contribution in [-0.2, 0) is 6.42 Å². The number of nitrogens with one attached hydrogen (secondary N) is 1. The molecule has 5 nitrogen and oxygen atoms in total. The van der Waals surface area contributed by atoms with Crippen LogP contribution in [0.5, 0.6) is 17.2 Å². The molecule has 0 aliphatic carbocycles. The molecule has 2 aromatic carbocycles. The van der Waals surface area contributed by atoms with Crippen LogP contribution >= 0.6 is 0 Å². The predicted octanol–water partition coefficient (Wildman–Crippen LogP) is 3.36. The van der Waals surface area contributed by atoms with Gasteiger partial charge in [-0.1, -0.05) is 26.0 Å². The van der Waals surface area contributed by atoms with Crippen molar-refractivity contribution < 1.29 is 14.6 Å². The second kappa shape index (κ2) is 9.11. The van der Waals surface area contributed by atoms with E-state index < -0.39 is 0 Å². The molecule has 1 unspecified atom stereocenters. The van der Waals surface area contributed by atoms with E-state index in [0.29, 0.717) is 12.4 Å². The van der Waals surface area contributed by atoms with Crippen LogP contribution in [0, 0.1) is 0 Å². The molecule has 2 aromatic rings. The fourth-order valence-corrected chi connectivity index (χ4v) is 3.63. The Morgan fingerprint density at radius 1 is 1.15 bits per heavy atom. The number of methoxy groups -OCH3 is 1. The topological polar surface area (TPSA) is 54.0 Å². The number of fused-ring (bicyclic) bond motifs is 1.